The van der Waals surface area contributed by atoms with E-state index in [1.54, 1.807) is 0 Å². The molecule has 21 heavy (non-hydrogen) atoms. The molecule has 0 heterocycles. The zero-order chi connectivity index (χ0) is 14.7. The van der Waals surface area contributed by atoms with Crippen LogP contribution in [0.15, 0.2) is 66.7 Å². The Kier molecular flexibility index (Phi) is 3.57. The van der Waals surface area contributed by atoms with Crippen molar-refractivity contribution in [1.82, 2.24) is 0 Å². The third-order valence-corrected chi connectivity index (χ3v) is 3.67. The van der Waals surface area contributed by atoms with E-state index in [9.17, 15) is 0 Å². The number of rotatable bonds is 3. The molecule has 0 aliphatic rings. The summed E-state index contributed by atoms with van der Waals surface area (Å²) in [5, 5.41) is 14.8. The van der Waals surface area contributed by atoms with Crippen LogP contribution in [0, 0.1) is 11.3 Å². The van der Waals surface area contributed by atoms with Crippen LogP contribution in [0.3, 0.4) is 0 Å². The van der Waals surface area contributed by atoms with Gasteiger partial charge in [0, 0.05) is 11.7 Å². The van der Waals surface area contributed by atoms with E-state index in [0.717, 1.165) is 5.69 Å². The number of hydrogen-bond acceptors (Lipinski definition) is 2. The Morgan fingerprint density at radius 1 is 0.905 bits per heavy atom. The van der Waals surface area contributed by atoms with E-state index in [4.69, 9.17) is 5.26 Å². The van der Waals surface area contributed by atoms with Gasteiger partial charge in [-0.25, -0.2) is 0 Å². The first-order valence-corrected chi connectivity index (χ1v) is 7.02. The van der Waals surface area contributed by atoms with Crippen molar-refractivity contribution in [3.63, 3.8) is 0 Å². The number of hydrogen-bond donors (Lipinski definition) is 1. The number of nitrogens with zero attached hydrogens (tertiary/aromatic N) is 1. The predicted molar refractivity (Wildman–Crippen MR) is 87.1 cm³/mol. The molecule has 3 aromatic rings. The first kappa shape index (κ1) is 13.2. The van der Waals surface area contributed by atoms with Gasteiger partial charge in [-0.2, -0.15) is 5.26 Å². The van der Waals surface area contributed by atoms with E-state index in [2.05, 4.69) is 60.8 Å². The number of benzene rings is 3. The molecule has 1 atom stereocenters. The average Bonchev–Trinajstić information content (AvgIpc) is 2.55. The van der Waals surface area contributed by atoms with Gasteiger partial charge in [0.05, 0.1) is 11.6 Å². The Balaban J connectivity index is 1.82. The lowest BCUT2D eigenvalue weighted by atomic mass is 10.0. The summed E-state index contributed by atoms with van der Waals surface area (Å²) in [6, 6.07) is 24.8. The number of anilines is 1. The monoisotopic (exact) mass is 272 g/mol. The van der Waals surface area contributed by atoms with Crippen molar-refractivity contribution in [3.8, 4) is 6.07 Å². The van der Waals surface area contributed by atoms with Crippen LogP contribution in [0.25, 0.3) is 10.8 Å². The molecule has 0 saturated heterocycles. The van der Waals surface area contributed by atoms with Gasteiger partial charge in [-0.15, -0.1) is 0 Å². The molecule has 1 unspecified atom stereocenters. The summed E-state index contributed by atoms with van der Waals surface area (Å²) in [6.45, 7) is 2.14. The second kappa shape index (κ2) is 5.68. The van der Waals surface area contributed by atoms with Gasteiger partial charge < -0.3 is 5.32 Å². The van der Waals surface area contributed by atoms with Crippen LogP contribution in [-0.4, -0.2) is 0 Å². The van der Waals surface area contributed by atoms with E-state index in [1.165, 1.54) is 16.3 Å². The molecule has 0 radical (unpaired) electrons. The van der Waals surface area contributed by atoms with Gasteiger partial charge in [0.2, 0.25) is 0 Å². The van der Waals surface area contributed by atoms with Gasteiger partial charge >= 0.3 is 0 Å². The largest absolute Gasteiger partial charge is 0.379 e. The molecular weight excluding hydrogens is 256 g/mol. The summed E-state index contributed by atoms with van der Waals surface area (Å²) in [7, 11) is 0. The van der Waals surface area contributed by atoms with Gasteiger partial charge in [-0.1, -0.05) is 36.4 Å². The highest BCUT2D eigenvalue weighted by Gasteiger charge is 2.06. The molecule has 0 aliphatic carbocycles. The molecule has 0 amide bonds. The number of nitrogens with one attached hydrogen (secondary N) is 1. The van der Waals surface area contributed by atoms with Crippen LogP contribution < -0.4 is 5.32 Å². The Bertz CT molecular complexity index is 798. The highest BCUT2D eigenvalue weighted by molar-refractivity contribution is 5.83. The average molecular weight is 272 g/mol. The zero-order valence-electron chi connectivity index (χ0n) is 11.9. The minimum Gasteiger partial charge on any atom is -0.379 e. The normalized spacial score (nSPS) is 11.8. The van der Waals surface area contributed by atoms with Gasteiger partial charge in [-0.3, -0.25) is 0 Å². The minimum absolute atomic E-state index is 0.211. The van der Waals surface area contributed by atoms with Gasteiger partial charge in [0.1, 0.15) is 0 Å². The quantitative estimate of drug-likeness (QED) is 0.737. The fourth-order valence-electron chi connectivity index (χ4n) is 2.45. The van der Waals surface area contributed by atoms with Crippen molar-refractivity contribution in [1.29, 1.82) is 5.26 Å². The minimum atomic E-state index is 0.211. The molecule has 0 saturated carbocycles. The predicted octanol–water partition coefficient (Wildman–Crippen LogP) is 4.88. The second-order valence-electron chi connectivity index (χ2n) is 5.16. The van der Waals surface area contributed by atoms with E-state index in [1.807, 2.05) is 24.3 Å². The molecule has 0 fully saturated rings. The van der Waals surface area contributed by atoms with Crippen molar-refractivity contribution >= 4 is 16.5 Å². The van der Waals surface area contributed by atoms with Gasteiger partial charge in [-0.05, 0) is 53.6 Å². The van der Waals surface area contributed by atoms with Crippen LogP contribution in [0.4, 0.5) is 5.69 Å². The van der Waals surface area contributed by atoms with Crippen molar-refractivity contribution in [2.24, 2.45) is 0 Å². The summed E-state index contributed by atoms with van der Waals surface area (Å²) in [5.41, 5.74) is 2.95. The molecule has 0 bridgehead atoms. The standard InChI is InChI=1S/C19H16N2/c1-14(21-19-10-6-15(13-20)7-11-19)17-9-8-16-4-2-3-5-18(16)12-17/h2-12,14,21H,1H3. The third-order valence-electron chi connectivity index (χ3n) is 3.67. The molecular formula is C19H16N2. The second-order valence-corrected chi connectivity index (χ2v) is 5.16. The maximum Gasteiger partial charge on any atom is 0.0991 e. The van der Waals surface area contributed by atoms with Gasteiger partial charge in [0.15, 0.2) is 0 Å². The highest BCUT2D eigenvalue weighted by atomic mass is 14.9. The Hall–Kier alpha value is -2.79. The van der Waals surface area contributed by atoms with E-state index in [0.29, 0.717) is 5.56 Å². The van der Waals surface area contributed by atoms with Crippen molar-refractivity contribution in [2.45, 2.75) is 13.0 Å². The summed E-state index contributed by atoms with van der Waals surface area (Å²) in [4.78, 5) is 0. The summed E-state index contributed by atoms with van der Waals surface area (Å²) in [5.74, 6) is 0. The molecule has 2 heteroatoms. The zero-order valence-corrected chi connectivity index (χ0v) is 11.9. The molecule has 0 aliphatic heterocycles. The van der Waals surface area contributed by atoms with Crippen molar-refractivity contribution in [3.05, 3.63) is 77.9 Å². The Morgan fingerprint density at radius 2 is 1.62 bits per heavy atom. The van der Waals surface area contributed by atoms with Crippen LogP contribution in [-0.2, 0) is 0 Å². The lowest BCUT2D eigenvalue weighted by Crippen LogP contribution is -2.06. The molecule has 0 spiro atoms. The van der Waals surface area contributed by atoms with Gasteiger partial charge in [0.25, 0.3) is 0 Å². The Morgan fingerprint density at radius 3 is 2.33 bits per heavy atom. The first-order chi connectivity index (χ1) is 10.3. The Labute approximate surface area is 124 Å². The van der Waals surface area contributed by atoms with Crippen LogP contribution in [0.5, 0.6) is 0 Å². The molecule has 0 aromatic heterocycles. The number of nitriles is 1. The first-order valence-electron chi connectivity index (χ1n) is 7.02. The van der Waals surface area contributed by atoms with Crippen molar-refractivity contribution < 1.29 is 0 Å². The van der Waals surface area contributed by atoms with Crippen LogP contribution in [0.2, 0.25) is 0 Å². The molecule has 3 aromatic carbocycles. The summed E-state index contributed by atoms with van der Waals surface area (Å²) >= 11 is 0. The molecule has 3 rings (SSSR count). The fraction of sp³-hybridized carbons (Fsp3) is 0.105. The lowest BCUT2D eigenvalue weighted by molar-refractivity contribution is 0.887. The maximum absolute atomic E-state index is 8.82. The summed E-state index contributed by atoms with van der Waals surface area (Å²) < 4.78 is 0. The maximum atomic E-state index is 8.82. The van der Waals surface area contributed by atoms with Crippen LogP contribution in [0.1, 0.15) is 24.1 Å². The molecule has 1 N–H and O–H groups in total. The highest BCUT2D eigenvalue weighted by Crippen LogP contribution is 2.23. The number of fused-ring (bicyclic) bond motifs is 1. The van der Waals surface area contributed by atoms with Crippen LogP contribution >= 0.6 is 0 Å². The van der Waals surface area contributed by atoms with E-state index < -0.39 is 0 Å². The van der Waals surface area contributed by atoms with Crippen molar-refractivity contribution in [2.75, 3.05) is 5.32 Å². The fourth-order valence-corrected chi connectivity index (χ4v) is 2.45. The third kappa shape index (κ3) is 2.88. The smallest absolute Gasteiger partial charge is 0.0991 e. The molecule has 102 valence electrons. The van der Waals surface area contributed by atoms with E-state index >= 15 is 0 Å². The topological polar surface area (TPSA) is 35.8 Å². The lowest BCUT2D eigenvalue weighted by Gasteiger charge is -2.16. The molecule has 2 nitrogen and oxygen atoms in total. The summed E-state index contributed by atoms with van der Waals surface area (Å²) in [6.07, 6.45) is 0. The van der Waals surface area contributed by atoms with E-state index in [-0.39, 0.29) is 6.04 Å². The SMILES string of the molecule is CC(Nc1ccc(C#N)cc1)c1ccc2ccccc2c1.